The van der Waals surface area contributed by atoms with E-state index < -0.39 is 12.2 Å². The van der Waals surface area contributed by atoms with Gasteiger partial charge in [-0.15, -0.1) is 0 Å². The van der Waals surface area contributed by atoms with Crippen LogP contribution in [0, 0.1) is 0 Å². The average Bonchev–Trinajstić information content (AvgIpc) is 2.75. The molecule has 1 atom stereocenters. The Morgan fingerprint density at radius 2 is 1.93 bits per heavy atom. The molecule has 0 spiro atoms. The summed E-state index contributed by atoms with van der Waals surface area (Å²) < 4.78 is 16.6. The van der Waals surface area contributed by atoms with Crippen LogP contribution in [0.3, 0.4) is 0 Å². The molecule has 0 fully saturated rings. The Labute approximate surface area is 162 Å². The fraction of sp³-hybridized carbons (Fsp3) is 0.136. The molecule has 3 rings (SSSR count). The summed E-state index contributed by atoms with van der Waals surface area (Å²) in [5.41, 5.74) is 1.41. The highest BCUT2D eigenvalue weighted by Gasteiger charge is 2.14. The predicted octanol–water partition coefficient (Wildman–Crippen LogP) is 3.11. The summed E-state index contributed by atoms with van der Waals surface area (Å²) in [5.74, 6) is 2.13. The Bertz CT molecular complexity index is 914. The minimum absolute atomic E-state index is 0.00320. The second-order valence-corrected chi connectivity index (χ2v) is 5.81. The smallest absolute Gasteiger partial charge is 0.343 e. The van der Waals surface area contributed by atoms with E-state index in [0.29, 0.717) is 5.56 Å². The molecule has 6 heteroatoms. The first-order valence-corrected chi connectivity index (χ1v) is 8.69. The molecule has 0 saturated heterocycles. The Balaban J connectivity index is 1.65. The van der Waals surface area contributed by atoms with Crippen molar-refractivity contribution in [1.82, 2.24) is 5.32 Å². The van der Waals surface area contributed by atoms with Gasteiger partial charge in [0.05, 0.1) is 12.2 Å². The lowest BCUT2D eigenvalue weighted by atomic mass is 10.1. The molecule has 1 heterocycles. The van der Waals surface area contributed by atoms with Crippen LogP contribution in [0.5, 0.6) is 5.75 Å². The van der Waals surface area contributed by atoms with Gasteiger partial charge in [0.1, 0.15) is 24.1 Å². The minimum atomic E-state index is -0.506. The number of carbonyl (C=O) groups excluding carboxylic acids is 2. The number of fused-ring (bicyclic) bond motifs is 1. The summed E-state index contributed by atoms with van der Waals surface area (Å²) in [6.07, 6.45) is 6.11. The van der Waals surface area contributed by atoms with Crippen molar-refractivity contribution in [2.45, 2.75) is 6.23 Å². The molecule has 2 aromatic rings. The fourth-order valence-electron chi connectivity index (χ4n) is 2.46. The second-order valence-electron chi connectivity index (χ2n) is 5.81. The Hall–Kier alpha value is -3.60. The number of nitrogens with one attached hydrogen (secondary N) is 1. The Kier molecular flexibility index (Phi) is 6.79. The number of para-hydroxylation sites is 1. The van der Waals surface area contributed by atoms with Crippen molar-refractivity contribution in [2.24, 2.45) is 0 Å². The monoisotopic (exact) mass is 377 g/mol. The molecule has 0 bridgehead atoms. The highest BCUT2D eigenvalue weighted by Crippen LogP contribution is 2.24. The van der Waals surface area contributed by atoms with Gasteiger partial charge < -0.3 is 19.5 Å². The third kappa shape index (κ3) is 5.45. The maximum Gasteiger partial charge on any atom is 0.343 e. The molecule has 0 amide bonds. The van der Waals surface area contributed by atoms with E-state index in [2.05, 4.69) is 5.32 Å². The molecule has 1 unspecified atom stereocenters. The van der Waals surface area contributed by atoms with Gasteiger partial charge in [-0.05, 0) is 30.4 Å². The molecule has 28 heavy (non-hydrogen) atoms. The van der Waals surface area contributed by atoms with Crippen LogP contribution in [0.4, 0.5) is 0 Å². The average molecular weight is 377 g/mol. The highest BCUT2D eigenvalue weighted by atomic mass is 16.6. The summed E-state index contributed by atoms with van der Waals surface area (Å²) in [4.78, 5) is 22.5. The molecule has 0 aromatic heterocycles. The lowest BCUT2D eigenvalue weighted by molar-refractivity contribution is 0.0537. The molecule has 2 aromatic carbocycles. The number of hydrogen-bond donors (Lipinski definition) is 1. The molecule has 1 aliphatic rings. The van der Waals surface area contributed by atoms with Gasteiger partial charge in [-0.1, -0.05) is 36.4 Å². The predicted molar refractivity (Wildman–Crippen MR) is 104 cm³/mol. The summed E-state index contributed by atoms with van der Waals surface area (Å²) in [5, 5.41) is 3.04. The van der Waals surface area contributed by atoms with Gasteiger partial charge in [0.25, 0.3) is 0 Å². The number of hydrogen-bond acceptors (Lipinski definition) is 6. The van der Waals surface area contributed by atoms with Crippen molar-refractivity contribution in [2.75, 3.05) is 13.2 Å². The van der Waals surface area contributed by atoms with Gasteiger partial charge in [0, 0.05) is 17.8 Å². The molecule has 0 aliphatic carbocycles. The van der Waals surface area contributed by atoms with E-state index in [9.17, 15) is 9.59 Å². The Morgan fingerprint density at radius 3 is 2.75 bits per heavy atom. The van der Waals surface area contributed by atoms with Crippen molar-refractivity contribution in [3.8, 4) is 5.75 Å². The molecule has 0 radical (unpaired) electrons. The fourth-order valence-corrected chi connectivity index (χ4v) is 2.46. The molecule has 1 N–H and O–H groups in total. The van der Waals surface area contributed by atoms with Crippen molar-refractivity contribution in [3.05, 3.63) is 89.8 Å². The summed E-state index contributed by atoms with van der Waals surface area (Å²) in [6, 6.07) is 16.3. The zero-order valence-electron chi connectivity index (χ0n) is 15.0. The van der Waals surface area contributed by atoms with Crippen molar-refractivity contribution in [1.29, 1.82) is 0 Å². The first-order valence-electron chi connectivity index (χ1n) is 8.69. The van der Waals surface area contributed by atoms with E-state index in [1.54, 1.807) is 30.2 Å². The van der Waals surface area contributed by atoms with Gasteiger partial charge in [0.15, 0.2) is 6.23 Å². The molecular weight excluding hydrogens is 358 g/mol. The van der Waals surface area contributed by atoms with E-state index >= 15 is 0 Å². The summed E-state index contributed by atoms with van der Waals surface area (Å²) >= 11 is 0. The largest absolute Gasteiger partial charge is 0.467 e. The van der Waals surface area contributed by atoms with Gasteiger partial charge in [-0.2, -0.15) is 0 Å². The molecule has 0 saturated carbocycles. The lowest BCUT2D eigenvalue weighted by Gasteiger charge is -2.22. The van der Waals surface area contributed by atoms with Crippen molar-refractivity contribution < 1.29 is 23.8 Å². The topological polar surface area (TPSA) is 73.9 Å². The number of ether oxygens (including phenoxy) is 3. The first kappa shape index (κ1) is 19.2. The van der Waals surface area contributed by atoms with E-state index in [1.165, 1.54) is 12.3 Å². The van der Waals surface area contributed by atoms with Gasteiger partial charge in [0.2, 0.25) is 0 Å². The third-order valence-electron chi connectivity index (χ3n) is 3.79. The van der Waals surface area contributed by atoms with Crippen LogP contribution >= 0.6 is 0 Å². The maximum absolute atomic E-state index is 12.3. The van der Waals surface area contributed by atoms with Crippen LogP contribution in [-0.2, 0) is 14.3 Å². The number of benzene rings is 2. The van der Waals surface area contributed by atoms with E-state index in [1.807, 2.05) is 42.5 Å². The number of carbonyl (C=O) groups is 1. The highest BCUT2D eigenvalue weighted by molar-refractivity contribution is 5.90. The first-order chi connectivity index (χ1) is 13.8. The SMILES string of the molecule is O=C=CCOC/C(=C\NC1C=Cc2ccccc2O1)OC(=O)c1ccccc1. The third-order valence-corrected chi connectivity index (χ3v) is 3.79. The standard InChI is InChI=1S/C22H19NO5/c24-13-6-14-26-16-19(27-22(25)18-8-2-1-3-9-18)15-23-21-12-11-17-7-4-5-10-20(17)28-21/h1-12,15,21,23H,14,16H2/b19-15+. The van der Waals surface area contributed by atoms with Crippen LogP contribution in [0.2, 0.25) is 0 Å². The van der Waals surface area contributed by atoms with E-state index in [4.69, 9.17) is 14.2 Å². The Morgan fingerprint density at radius 1 is 1.14 bits per heavy atom. The molecule has 6 nitrogen and oxygen atoms in total. The number of esters is 1. The second kappa shape index (κ2) is 9.92. The van der Waals surface area contributed by atoms with E-state index in [0.717, 1.165) is 11.3 Å². The van der Waals surface area contributed by atoms with Gasteiger partial charge in [-0.25, -0.2) is 9.59 Å². The van der Waals surface area contributed by atoms with Crippen molar-refractivity contribution in [3.63, 3.8) is 0 Å². The van der Waals surface area contributed by atoms with Crippen LogP contribution < -0.4 is 10.1 Å². The summed E-state index contributed by atoms with van der Waals surface area (Å²) in [7, 11) is 0. The lowest BCUT2D eigenvalue weighted by Crippen LogP contribution is -2.31. The maximum atomic E-state index is 12.3. The van der Waals surface area contributed by atoms with Crippen LogP contribution in [0.1, 0.15) is 15.9 Å². The van der Waals surface area contributed by atoms with Crippen LogP contribution in [0.15, 0.2) is 78.7 Å². The van der Waals surface area contributed by atoms with Crippen LogP contribution in [0.25, 0.3) is 6.08 Å². The normalized spacial score (nSPS) is 15.0. The van der Waals surface area contributed by atoms with Crippen molar-refractivity contribution >= 4 is 18.0 Å². The molecule has 1 aliphatic heterocycles. The van der Waals surface area contributed by atoms with Crippen LogP contribution in [-0.4, -0.2) is 31.4 Å². The van der Waals surface area contributed by atoms with E-state index in [-0.39, 0.29) is 19.0 Å². The molecule has 142 valence electrons. The van der Waals surface area contributed by atoms with Gasteiger partial charge >= 0.3 is 5.97 Å². The zero-order chi connectivity index (χ0) is 19.6. The quantitative estimate of drug-likeness (QED) is 0.330. The summed E-state index contributed by atoms with van der Waals surface area (Å²) in [6.45, 7) is 0.0632. The van der Waals surface area contributed by atoms with Gasteiger partial charge in [-0.3, -0.25) is 0 Å². The zero-order valence-corrected chi connectivity index (χ0v) is 15.0. The molecular formula is C22H19NO5. The minimum Gasteiger partial charge on any atom is -0.467 e. The number of rotatable bonds is 8.